The van der Waals surface area contributed by atoms with Crippen LogP contribution in [0.4, 0.5) is 11.6 Å². The third kappa shape index (κ3) is 9.53. The average molecular weight is 508 g/mol. The first-order valence-corrected chi connectivity index (χ1v) is 12.4. The topological polar surface area (TPSA) is 112 Å². The number of hydrogen-bond acceptors (Lipinski definition) is 7. The second-order valence-corrected chi connectivity index (χ2v) is 8.77. The molecule has 0 spiro atoms. The van der Waals surface area contributed by atoms with Gasteiger partial charge in [0.2, 0.25) is 17.7 Å². The zero-order valence-electron chi connectivity index (χ0n) is 21.8. The zero-order chi connectivity index (χ0) is 26.5. The zero-order valence-corrected chi connectivity index (χ0v) is 21.8. The van der Waals surface area contributed by atoms with Gasteiger partial charge in [-0.05, 0) is 68.2 Å². The fourth-order valence-corrected chi connectivity index (χ4v) is 3.77. The molecule has 4 N–H and O–H groups in total. The summed E-state index contributed by atoms with van der Waals surface area (Å²) in [6.45, 7) is 2.62. The van der Waals surface area contributed by atoms with Gasteiger partial charge in [-0.25, -0.2) is 4.98 Å². The molecular weight excluding hydrogens is 470 g/mol. The number of hydrogen-bond donors (Lipinski definition) is 4. The maximum absolute atomic E-state index is 12.1. The minimum absolute atomic E-state index is 0.00935. The van der Waals surface area contributed by atoms with Crippen LogP contribution in [0.15, 0.2) is 54.7 Å². The summed E-state index contributed by atoms with van der Waals surface area (Å²) in [5.41, 5.74) is 3.06. The van der Waals surface area contributed by atoms with Crippen LogP contribution in [0.5, 0.6) is 17.4 Å². The van der Waals surface area contributed by atoms with Crippen molar-refractivity contribution in [2.45, 2.75) is 25.7 Å². The van der Waals surface area contributed by atoms with Crippen molar-refractivity contribution in [3.63, 3.8) is 0 Å². The number of aromatic hydroxyl groups is 1. The van der Waals surface area contributed by atoms with Gasteiger partial charge in [-0.2, -0.15) is 0 Å². The van der Waals surface area contributed by atoms with Gasteiger partial charge in [0.25, 0.3) is 0 Å². The van der Waals surface area contributed by atoms with Crippen molar-refractivity contribution >= 4 is 23.6 Å². The van der Waals surface area contributed by atoms with Gasteiger partial charge in [0.15, 0.2) is 11.5 Å². The van der Waals surface area contributed by atoms with E-state index in [1.807, 2.05) is 48.6 Å². The van der Waals surface area contributed by atoms with Crippen LogP contribution in [0.2, 0.25) is 0 Å². The number of methoxy groups -OCH3 is 2. The molecular formula is C28H37N5O4. The first-order chi connectivity index (χ1) is 18.0. The first kappa shape index (κ1) is 27.6. The minimum Gasteiger partial charge on any atom is -0.493 e. The Balaban J connectivity index is 1.26. The highest BCUT2D eigenvalue weighted by Crippen LogP contribution is 2.27. The molecule has 3 aromatic rings. The third-order valence-corrected chi connectivity index (χ3v) is 5.87. The number of benzene rings is 2. The highest BCUT2D eigenvalue weighted by molar-refractivity contribution is 5.78. The van der Waals surface area contributed by atoms with E-state index in [-0.39, 0.29) is 11.8 Å². The van der Waals surface area contributed by atoms with Crippen molar-refractivity contribution in [3.8, 4) is 17.4 Å². The fraction of sp³-hybridized carbons (Fsp3) is 0.357. The number of H-pyrrole nitrogens is 1. The number of likely N-dealkylation sites (N-methyl/N-ethyl adjacent to an activating group) is 1. The van der Waals surface area contributed by atoms with Crippen LogP contribution in [-0.2, 0) is 11.2 Å². The van der Waals surface area contributed by atoms with Crippen LogP contribution in [0.1, 0.15) is 30.4 Å². The van der Waals surface area contributed by atoms with Crippen molar-refractivity contribution in [1.82, 2.24) is 20.2 Å². The van der Waals surface area contributed by atoms with E-state index >= 15 is 0 Å². The molecule has 198 valence electrons. The lowest BCUT2D eigenvalue weighted by molar-refractivity contribution is -0.120. The molecule has 3 rings (SSSR count). The largest absolute Gasteiger partial charge is 0.493 e. The summed E-state index contributed by atoms with van der Waals surface area (Å²) in [7, 11) is 5.41. The number of anilines is 2. The molecule has 9 heteroatoms. The van der Waals surface area contributed by atoms with E-state index in [1.165, 1.54) is 11.8 Å². The van der Waals surface area contributed by atoms with Gasteiger partial charge in [0.1, 0.15) is 0 Å². The molecule has 1 amide bonds. The Labute approximate surface area is 218 Å². The molecule has 0 aliphatic rings. The Kier molecular flexibility index (Phi) is 10.9. The molecule has 2 aromatic carbocycles. The maximum atomic E-state index is 12.1. The van der Waals surface area contributed by atoms with E-state index < -0.39 is 0 Å². The second kappa shape index (κ2) is 14.5. The van der Waals surface area contributed by atoms with Gasteiger partial charge in [-0.15, -0.1) is 0 Å². The summed E-state index contributed by atoms with van der Waals surface area (Å²) < 4.78 is 10.7. The molecule has 0 radical (unpaired) electrons. The number of unbranched alkanes of at least 4 members (excludes halogenated alkanes) is 1. The van der Waals surface area contributed by atoms with E-state index in [1.54, 1.807) is 14.2 Å². The molecule has 0 unspecified atom stereocenters. The third-order valence-electron chi connectivity index (χ3n) is 5.87. The molecule has 0 aliphatic heterocycles. The van der Waals surface area contributed by atoms with E-state index in [2.05, 4.69) is 38.6 Å². The lowest BCUT2D eigenvalue weighted by Crippen LogP contribution is -2.26. The number of aromatic nitrogens is 2. The van der Waals surface area contributed by atoms with Crippen molar-refractivity contribution in [3.05, 3.63) is 65.9 Å². The predicted octanol–water partition coefficient (Wildman–Crippen LogP) is 4.35. The van der Waals surface area contributed by atoms with E-state index in [9.17, 15) is 9.90 Å². The number of nitrogens with one attached hydrogen (secondary N) is 3. The number of carbonyl (C=O) groups excluding carboxylic acids is 1. The van der Waals surface area contributed by atoms with E-state index in [0.29, 0.717) is 18.9 Å². The Morgan fingerprint density at radius 2 is 1.86 bits per heavy atom. The number of amides is 1. The minimum atomic E-state index is 0.00935. The summed E-state index contributed by atoms with van der Waals surface area (Å²) in [5, 5.41) is 15.3. The van der Waals surface area contributed by atoms with Gasteiger partial charge >= 0.3 is 0 Å². The van der Waals surface area contributed by atoms with E-state index in [0.717, 1.165) is 55.1 Å². The van der Waals surface area contributed by atoms with Crippen LogP contribution in [0.25, 0.3) is 6.08 Å². The van der Waals surface area contributed by atoms with Crippen molar-refractivity contribution in [2.75, 3.05) is 46.2 Å². The maximum Gasteiger partial charge on any atom is 0.223 e. The molecule has 0 atom stereocenters. The summed E-state index contributed by atoms with van der Waals surface area (Å²) >= 11 is 0. The number of aromatic amines is 1. The molecule has 37 heavy (non-hydrogen) atoms. The molecule has 0 aliphatic carbocycles. The van der Waals surface area contributed by atoms with Gasteiger partial charge in [0, 0.05) is 25.2 Å². The van der Waals surface area contributed by atoms with E-state index in [4.69, 9.17) is 9.47 Å². The van der Waals surface area contributed by atoms with Crippen LogP contribution in [0, 0.1) is 0 Å². The van der Waals surface area contributed by atoms with Crippen molar-refractivity contribution in [2.24, 2.45) is 0 Å². The Morgan fingerprint density at radius 3 is 2.57 bits per heavy atom. The summed E-state index contributed by atoms with van der Waals surface area (Å²) in [6.07, 6.45) is 8.38. The molecule has 1 heterocycles. The smallest absolute Gasteiger partial charge is 0.223 e. The van der Waals surface area contributed by atoms with Gasteiger partial charge in [-0.1, -0.05) is 30.4 Å². The number of nitrogens with zero attached hydrogens (tertiary/aromatic N) is 2. The predicted molar refractivity (Wildman–Crippen MR) is 147 cm³/mol. The highest BCUT2D eigenvalue weighted by Gasteiger charge is 2.06. The normalized spacial score (nSPS) is 11.1. The quantitative estimate of drug-likeness (QED) is 0.226. The Bertz CT molecular complexity index is 1140. The lowest BCUT2D eigenvalue weighted by atomic mass is 10.1. The number of carbonyl (C=O) groups is 1. The van der Waals surface area contributed by atoms with Crippen LogP contribution in [0.3, 0.4) is 0 Å². The van der Waals surface area contributed by atoms with Gasteiger partial charge in [-0.3, -0.25) is 9.78 Å². The summed E-state index contributed by atoms with van der Waals surface area (Å²) in [5.74, 6) is 2.00. The monoisotopic (exact) mass is 507 g/mol. The van der Waals surface area contributed by atoms with Crippen molar-refractivity contribution < 1.29 is 19.4 Å². The Morgan fingerprint density at radius 1 is 1.08 bits per heavy atom. The van der Waals surface area contributed by atoms with Gasteiger partial charge < -0.3 is 30.1 Å². The van der Waals surface area contributed by atoms with Crippen molar-refractivity contribution in [1.29, 1.82) is 0 Å². The average Bonchev–Trinajstić information content (AvgIpc) is 3.32. The molecule has 0 saturated carbocycles. The SMILES string of the molecule is COc1ccc(CCN(C)CCCCNC(=O)CC=Cc2ccc(Nc3ncc(O)[nH]3)cc2)cc1OC. The molecule has 0 bridgehead atoms. The summed E-state index contributed by atoms with van der Waals surface area (Å²) in [6, 6.07) is 13.7. The van der Waals surface area contributed by atoms with Crippen LogP contribution < -0.4 is 20.1 Å². The lowest BCUT2D eigenvalue weighted by Gasteiger charge is -2.17. The molecule has 0 fully saturated rings. The molecule has 9 nitrogen and oxygen atoms in total. The number of imidazole rings is 1. The number of rotatable bonds is 15. The van der Waals surface area contributed by atoms with Gasteiger partial charge in [0.05, 0.1) is 20.4 Å². The number of ether oxygens (including phenoxy) is 2. The van der Waals surface area contributed by atoms with Crippen LogP contribution >= 0.6 is 0 Å². The fourth-order valence-electron chi connectivity index (χ4n) is 3.77. The van der Waals surface area contributed by atoms with Crippen LogP contribution in [-0.4, -0.2) is 66.8 Å². The molecule has 0 saturated heterocycles. The molecule has 1 aromatic heterocycles. The summed E-state index contributed by atoms with van der Waals surface area (Å²) in [4.78, 5) is 21.1. The first-order valence-electron chi connectivity index (χ1n) is 12.4. The highest BCUT2D eigenvalue weighted by atomic mass is 16.5. The standard InChI is InChI=1S/C28H37N5O4/c1-33(18-15-22-11-14-24(36-2)25(19-22)37-3)17-5-4-16-29-26(34)8-6-7-21-9-12-23(13-10-21)31-28-30-20-27(35)32-28/h6-7,9-14,19-20,35H,4-5,8,15-18H2,1-3H3,(H,29,34)(H2,30,31,32). The second-order valence-electron chi connectivity index (χ2n) is 8.77. The Hall–Kier alpha value is -3.98.